The van der Waals surface area contributed by atoms with Crippen LogP contribution in [0.2, 0.25) is 0 Å². The maximum absolute atomic E-state index is 13.5. The molecule has 0 saturated carbocycles. The van der Waals surface area contributed by atoms with Crippen LogP contribution in [-0.2, 0) is 13.0 Å². The van der Waals surface area contributed by atoms with E-state index in [1.165, 1.54) is 23.3 Å². The summed E-state index contributed by atoms with van der Waals surface area (Å²) in [4.78, 5) is 6.62. The Morgan fingerprint density at radius 2 is 2.03 bits per heavy atom. The highest BCUT2D eigenvalue weighted by molar-refractivity contribution is 5.64. The van der Waals surface area contributed by atoms with Crippen molar-refractivity contribution >= 4 is 17.8 Å². The second kappa shape index (κ2) is 11.8. The smallest absolute Gasteiger partial charge is 0.123 e. The maximum atomic E-state index is 13.5. The van der Waals surface area contributed by atoms with E-state index in [1.54, 1.807) is 6.07 Å². The minimum Gasteiger partial charge on any atom is -0.354 e. The third-order valence-corrected chi connectivity index (χ3v) is 6.23. The number of fused-ring (bicyclic) bond motifs is 1. The molecule has 1 aliphatic carbocycles. The normalized spacial score (nSPS) is 15.3. The fourth-order valence-corrected chi connectivity index (χ4v) is 4.45. The van der Waals surface area contributed by atoms with E-state index in [9.17, 15) is 4.39 Å². The molecule has 2 aromatic heterocycles. The number of hydrogen-bond acceptors (Lipinski definition) is 4. The van der Waals surface area contributed by atoms with E-state index in [0.29, 0.717) is 12.1 Å². The first kappa shape index (κ1) is 26.0. The predicted octanol–water partition coefficient (Wildman–Crippen LogP) is 4.57. The molecule has 5 nitrogen and oxygen atoms in total. The van der Waals surface area contributed by atoms with E-state index in [2.05, 4.69) is 70.9 Å². The zero-order valence-corrected chi connectivity index (χ0v) is 21.8. The summed E-state index contributed by atoms with van der Waals surface area (Å²) in [5.41, 5.74) is 6.53. The minimum absolute atomic E-state index is 0.221. The molecule has 37 heavy (non-hydrogen) atoms. The van der Waals surface area contributed by atoms with Gasteiger partial charge in [0, 0.05) is 35.8 Å². The SMILES string of the molecule is C=C(/C=C\C(=C/C)NC(=C)c1n[nH]c2c1=CC(c1cncc(CN(C)C)c1)CC=2)Cc1cccc(F)c1. The molecule has 190 valence electrons. The summed E-state index contributed by atoms with van der Waals surface area (Å²) in [6.45, 7) is 11.2. The molecule has 3 aromatic rings. The molecular weight excluding hydrogens is 461 g/mol. The molecule has 6 heteroatoms. The number of halogens is 1. The topological polar surface area (TPSA) is 56.8 Å². The van der Waals surface area contributed by atoms with Crippen molar-refractivity contribution in [2.24, 2.45) is 0 Å². The number of H-pyrrole nitrogens is 1. The summed E-state index contributed by atoms with van der Waals surface area (Å²) < 4.78 is 13.5. The third-order valence-electron chi connectivity index (χ3n) is 6.23. The Hall–Kier alpha value is -4.03. The third kappa shape index (κ3) is 6.80. The maximum Gasteiger partial charge on any atom is 0.123 e. The van der Waals surface area contributed by atoms with Gasteiger partial charge in [-0.25, -0.2) is 4.39 Å². The molecule has 4 rings (SSSR count). The highest BCUT2D eigenvalue weighted by Crippen LogP contribution is 2.24. The number of allylic oxidation sites excluding steroid dienone is 4. The Kier molecular flexibility index (Phi) is 8.31. The van der Waals surface area contributed by atoms with Gasteiger partial charge in [-0.3, -0.25) is 10.1 Å². The Labute approximate surface area is 218 Å². The van der Waals surface area contributed by atoms with Crippen LogP contribution in [-0.4, -0.2) is 34.2 Å². The average Bonchev–Trinajstić information content (AvgIpc) is 3.30. The lowest BCUT2D eigenvalue weighted by atomic mass is 9.92. The highest BCUT2D eigenvalue weighted by Gasteiger charge is 2.16. The lowest BCUT2D eigenvalue weighted by Gasteiger charge is -2.16. The highest BCUT2D eigenvalue weighted by atomic mass is 19.1. The standard InChI is InChI=1S/C31H34FN5/c1-6-28(12-10-21(2)14-23-8-7-9-27(32)16-23)34-22(3)31-29-17-25(11-13-30(29)35-36-31)26-15-24(18-33-19-26)20-37(4)5/h6-10,12-13,15-19,25,34-35H,2-3,11,14,20H2,1,4-5H3/b12-10-,28-6+. The van der Waals surface area contributed by atoms with Gasteiger partial charge in [-0.05, 0) is 68.8 Å². The number of nitrogens with one attached hydrogen (secondary N) is 2. The Bertz CT molecular complexity index is 1480. The van der Waals surface area contributed by atoms with E-state index in [1.807, 2.05) is 43.6 Å². The van der Waals surface area contributed by atoms with Gasteiger partial charge in [-0.1, -0.05) is 61.2 Å². The first-order valence-electron chi connectivity index (χ1n) is 12.4. The summed E-state index contributed by atoms with van der Waals surface area (Å²) in [6.07, 6.45) is 15.6. The number of rotatable bonds is 10. The lowest BCUT2D eigenvalue weighted by Crippen LogP contribution is -2.30. The van der Waals surface area contributed by atoms with Crippen molar-refractivity contribution in [1.29, 1.82) is 0 Å². The van der Waals surface area contributed by atoms with Crippen molar-refractivity contribution in [3.8, 4) is 0 Å². The molecule has 2 heterocycles. The van der Waals surface area contributed by atoms with Crippen molar-refractivity contribution < 1.29 is 4.39 Å². The van der Waals surface area contributed by atoms with Crippen molar-refractivity contribution in [1.82, 2.24) is 25.4 Å². The molecular formula is C31H34FN5. The quantitative estimate of drug-likeness (QED) is 0.405. The zero-order chi connectivity index (χ0) is 26.4. The van der Waals surface area contributed by atoms with E-state index in [-0.39, 0.29) is 11.7 Å². The number of nitrogens with zero attached hydrogens (tertiary/aromatic N) is 3. The van der Waals surface area contributed by atoms with E-state index in [0.717, 1.165) is 46.1 Å². The second-order valence-electron chi connectivity index (χ2n) is 9.62. The summed E-state index contributed by atoms with van der Waals surface area (Å²) in [7, 11) is 4.12. The van der Waals surface area contributed by atoms with E-state index in [4.69, 9.17) is 0 Å². The molecule has 1 aliphatic rings. The van der Waals surface area contributed by atoms with Crippen LogP contribution in [0.5, 0.6) is 0 Å². The summed E-state index contributed by atoms with van der Waals surface area (Å²) >= 11 is 0. The largest absolute Gasteiger partial charge is 0.354 e. The van der Waals surface area contributed by atoms with Gasteiger partial charge >= 0.3 is 0 Å². The molecule has 0 spiro atoms. The number of aromatic amines is 1. The number of benzene rings is 1. The fraction of sp³-hybridized carbons (Fsp3) is 0.226. The van der Waals surface area contributed by atoms with Crippen LogP contribution in [0.25, 0.3) is 17.8 Å². The first-order chi connectivity index (χ1) is 17.8. The average molecular weight is 496 g/mol. The van der Waals surface area contributed by atoms with Crippen molar-refractivity contribution in [2.45, 2.75) is 32.2 Å². The van der Waals surface area contributed by atoms with Crippen molar-refractivity contribution in [2.75, 3.05) is 14.1 Å². The monoisotopic (exact) mass is 495 g/mol. The van der Waals surface area contributed by atoms with E-state index >= 15 is 0 Å². The van der Waals surface area contributed by atoms with Crippen molar-refractivity contribution in [3.05, 3.63) is 124 Å². The van der Waals surface area contributed by atoms with Gasteiger partial charge in [0.2, 0.25) is 0 Å². The van der Waals surface area contributed by atoms with Gasteiger partial charge in [0.15, 0.2) is 0 Å². The Morgan fingerprint density at radius 1 is 1.19 bits per heavy atom. The fourth-order valence-electron chi connectivity index (χ4n) is 4.45. The van der Waals surface area contributed by atoms with Gasteiger partial charge in [0.05, 0.1) is 11.0 Å². The summed E-state index contributed by atoms with van der Waals surface area (Å²) in [5.74, 6) is -0.0176. The predicted molar refractivity (Wildman–Crippen MR) is 150 cm³/mol. The van der Waals surface area contributed by atoms with Gasteiger partial charge in [0.25, 0.3) is 0 Å². The molecule has 0 aliphatic heterocycles. The molecule has 0 radical (unpaired) electrons. The molecule has 1 atom stereocenters. The van der Waals surface area contributed by atoms with Gasteiger partial charge in [-0.2, -0.15) is 5.10 Å². The van der Waals surface area contributed by atoms with Gasteiger partial charge in [-0.15, -0.1) is 0 Å². The minimum atomic E-state index is -0.238. The molecule has 1 unspecified atom stereocenters. The van der Waals surface area contributed by atoms with Crippen LogP contribution in [0.15, 0.2) is 85.4 Å². The molecule has 0 bridgehead atoms. The summed E-state index contributed by atoms with van der Waals surface area (Å²) in [5, 5.41) is 13.1. The van der Waals surface area contributed by atoms with Gasteiger partial charge in [0.1, 0.15) is 11.5 Å². The zero-order valence-electron chi connectivity index (χ0n) is 21.8. The lowest BCUT2D eigenvalue weighted by molar-refractivity contribution is 0.401. The number of hydrogen-bond donors (Lipinski definition) is 2. The summed E-state index contributed by atoms with van der Waals surface area (Å²) in [6, 6.07) is 8.82. The van der Waals surface area contributed by atoms with Gasteiger partial charge < -0.3 is 10.2 Å². The van der Waals surface area contributed by atoms with Crippen LogP contribution in [0.3, 0.4) is 0 Å². The first-order valence-corrected chi connectivity index (χ1v) is 12.4. The number of aromatic nitrogens is 3. The molecule has 0 amide bonds. The Balaban J connectivity index is 1.48. The van der Waals surface area contributed by atoms with Crippen molar-refractivity contribution in [3.63, 3.8) is 0 Å². The Morgan fingerprint density at radius 3 is 2.78 bits per heavy atom. The molecule has 2 N–H and O–H groups in total. The van der Waals surface area contributed by atoms with Crippen LogP contribution in [0, 0.1) is 5.82 Å². The second-order valence-corrected chi connectivity index (χ2v) is 9.62. The molecule has 0 fully saturated rings. The number of pyridine rings is 1. The van der Waals surface area contributed by atoms with Crippen LogP contribution in [0.1, 0.15) is 41.6 Å². The van der Waals surface area contributed by atoms with Crippen LogP contribution >= 0.6 is 0 Å². The molecule has 0 saturated heterocycles. The van der Waals surface area contributed by atoms with E-state index < -0.39 is 0 Å². The van der Waals surface area contributed by atoms with Crippen LogP contribution < -0.4 is 15.9 Å². The van der Waals surface area contributed by atoms with Crippen LogP contribution in [0.4, 0.5) is 4.39 Å². The molecule has 1 aromatic carbocycles.